The Balaban J connectivity index is 0.000000236. The van der Waals surface area contributed by atoms with E-state index in [0.717, 1.165) is 6.42 Å². The van der Waals surface area contributed by atoms with E-state index in [2.05, 4.69) is 31.2 Å². The first-order valence-corrected chi connectivity index (χ1v) is 9.28. The van der Waals surface area contributed by atoms with Crippen LogP contribution in [0.4, 0.5) is 0 Å². The summed E-state index contributed by atoms with van der Waals surface area (Å²) in [5.41, 5.74) is 0. The summed E-state index contributed by atoms with van der Waals surface area (Å²) in [4.78, 5) is 0. The van der Waals surface area contributed by atoms with Gasteiger partial charge in [-0.25, -0.2) is 0 Å². The number of halogens is 2. The summed E-state index contributed by atoms with van der Waals surface area (Å²) >= 11 is -0.826. The average molecular weight is 255 g/mol. The molecule has 0 radical (unpaired) electrons. The summed E-state index contributed by atoms with van der Waals surface area (Å²) in [6.07, 6.45) is 9.44. The third-order valence-electron chi connectivity index (χ3n) is 1.16. The molecule has 0 aromatic heterocycles. The summed E-state index contributed by atoms with van der Waals surface area (Å²) in [5.74, 6) is 0.625. The van der Waals surface area contributed by atoms with Gasteiger partial charge in [-0.1, -0.05) is 24.3 Å². The molecule has 0 heterocycles. The fourth-order valence-corrected chi connectivity index (χ4v) is 0.670. The Bertz CT molecular complexity index is 109. The van der Waals surface area contributed by atoms with E-state index in [1.54, 1.807) is 0 Å². The van der Waals surface area contributed by atoms with Crippen molar-refractivity contribution in [1.82, 2.24) is 0 Å². The van der Waals surface area contributed by atoms with Gasteiger partial charge >= 0.3 is 37.9 Å². The quantitative estimate of drug-likeness (QED) is 0.630. The van der Waals surface area contributed by atoms with Gasteiger partial charge in [-0.05, 0) is 5.92 Å². The van der Waals surface area contributed by atoms with Crippen LogP contribution < -0.4 is 0 Å². The Hall–Kier alpha value is 0.943. The van der Waals surface area contributed by atoms with Gasteiger partial charge in [-0.2, -0.15) is 6.42 Å². The van der Waals surface area contributed by atoms with Gasteiger partial charge in [0.2, 0.25) is 0 Å². The third kappa shape index (κ3) is 5.71. The normalized spacial score (nSPS) is 14.7. The molecule has 1 aliphatic carbocycles. The predicted molar refractivity (Wildman–Crippen MR) is 43.5 cm³/mol. The molecule has 0 unspecified atom stereocenters. The standard InChI is InChI=1S/C7H9.2ClH.Zr/c1-2-7-5-3-4-6-7;;;/h3-7H,1-2H2;2*1H;/q-1;;;+2/p-2. The summed E-state index contributed by atoms with van der Waals surface area (Å²) in [5, 5.41) is 0. The Morgan fingerprint density at radius 2 is 1.70 bits per heavy atom. The fourth-order valence-electron chi connectivity index (χ4n) is 0.670. The molecule has 56 valence electrons. The second-order valence-corrected chi connectivity index (χ2v) is 5.53. The van der Waals surface area contributed by atoms with Crippen molar-refractivity contribution >= 4 is 17.0 Å². The zero-order chi connectivity index (χ0) is 7.82. The molecule has 0 N–H and O–H groups in total. The number of rotatable bonds is 1. The second-order valence-electron chi connectivity index (χ2n) is 1.79. The average Bonchev–Trinajstić information content (AvgIpc) is 2.39. The van der Waals surface area contributed by atoms with Gasteiger partial charge in [-0.15, -0.1) is 0 Å². The molecule has 0 saturated carbocycles. The minimum absolute atomic E-state index is 0.625. The maximum absolute atomic E-state index is 4.93. The Kier molecular flexibility index (Phi) is 8.80. The summed E-state index contributed by atoms with van der Waals surface area (Å²) < 4.78 is 0. The molecule has 0 nitrogen and oxygen atoms in total. The van der Waals surface area contributed by atoms with Crippen LogP contribution in [0.2, 0.25) is 0 Å². The van der Waals surface area contributed by atoms with E-state index in [-0.39, 0.29) is 0 Å². The van der Waals surface area contributed by atoms with Crippen LogP contribution in [0.5, 0.6) is 0 Å². The maximum atomic E-state index is 4.93. The van der Waals surface area contributed by atoms with Gasteiger partial charge in [0.05, 0.1) is 0 Å². The molecule has 0 spiro atoms. The Morgan fingerprint density at radius 1 is 1.30 bits per heavy atom. The van der Waals surface area contributed by atoms with E-state index < -0.39 is 20.8 Å². The van der Waals surface area contributed by atoms with Gasteiger partial charge in [0.25, 0.3) is 0 Å². The topological polar surface area (TPSA) is 0 Å². The molecule has 0 aliphatic heterocycles. The van der Waals surface area contributed by atoms with E-state index in [1.165, 1.54) is 0 Å². The van der Waals surface area contributed by atoms with Crippen LogP contribution in [0.3, 0.4) is 0 Å². The summed E-state index contributed by atoms with van der Waals surface area (Å²) in [6.45, 7) is 3.77. The third-order valence-corrected chi connectivity index (χ3v) is 1.16. The molecule has 3 heteroatoms. The van der Waals surface area contributed by atoms with Crippen LogP contribution >= 0.6 is 17.0 Å². The van der Waals surface area contributed by atoms with E-state index in [1.807, 2.05) is 0 Å². The molecular weight excluding hydrogens is 246 g/mol. The van der Waals surface area contributed by atoms with Crippen LogP contribution in [-0.4, -0.2) is 0 Å². The molecule has 0 aromatic rings. The van der Waals surface area contributed by atoms with Gasteiger partial charge in [0.1, 0.15) is 0 Å². The first-order valence-electron chi connectivity index (χ1n) is 2.95. The number of allylic oxidation sites excluding steroid dienone is 4. The van der Waals surface area contributed by atoms with Crippen molar-refractivity contribution in [3.8, 4) is 0 Å². The second kappa shape index (κ2) is 8.04. The Morgan fingerprint density at radius 3 is 1.90 bits per heavy atom. The molecule has 0 bridgehead atoms. The van der Waals surface area contributed by atoms with E-state index in [0.29, 0.717) is 5.92 Å². The predicted octanol–water partition coefficient (Wildman–Crippen LogP) is 3.33. The molecule has 1 aliphatic rings. The van der Waals surface area contributed by atoms with Crippen molar-refractivity contribution in [3.63, 3.8) is 0 Å². The van der Waals surface area contributed by atoms with E-state index in [9.17, 15) is 0 Å². The van der Waals surface area contributed by atoms with Crippen LogP contribution in [0.1, 0.15) is 6.42 Å². The molecule has 0 amide bonds. The van der Waals surface area contributed by atoms with Crippen molar-refractivity contribution < 1.29 is 20.8 Å². The van der Waals surface area contributed by atoms with E-state index in [4.69, 9.17) is 17.0 Å². The van der Waals surface area contributed by atoms with Crippen LogP contribution in [0, 0.1) is 12.8 Å². The van der Waals surface area contributed by atoms with Gasteiger partial charge < -0.3 is 6.92 Å². The minimum atomic E-state index is -0.826. The van der Waals surface area contributed by atoms with Crippen molar-refractivity contribution in [2.45, 2.75) is 6.42 Å². The molecule has 0 aromatic carbocycles. The molecular formula is C7H9Cl2Zr-. The first kappa shape index (κ1) is 10.9. The van der Waals surface area contributed by atoms with Crippen LogP contribution in [0.15, 0.2) is 24.3 Å². The molecule has 0 saturated heterocycles. The fraction of sp³-hybridized carbons (Fsp3) is 0.286. The van der Waals surface area contributed by atoms with Gasteiger partial charge in [0.15, 0.2) is 0 Å². The zero-order valence-corrected chi connectivity index (χ0v) is 9.53. The first-order chi connectivity index (χ1) is 4.85. The molecule has 0 atom stereocenters. The molecule has 10 heavy (non-hydrogen) atoms. The summed E-state index contributed by atoms with van der Waals surface area (Å²) in [6, 6.07) is 0. The molecule has 1 rings (SSSR count). The summed E-state index contributed by atoms with van der Waals surface area (Å²) in [7, 11) is 9.87. The van der Waals surface area contributed by atoms with Crippen molar-refractivity contribution in [2.75, 3.05) is 0 Å². The SMILES string of the molecule is [CH2-]CC1C=CC=C1.[Cl][Zr][Cl]. The Labute approximate surface area is 81.0 Å². The van der Waals surface area contributed by atoms with Crippen LogP contribution in [0.25, 0.3) is 0 Å². The van der Waals surface area contributed by atoms with Crippen molar-refractivity contribution in [3.05, 3.63) is 31.2 Å². The zero-order valence-electron chi connectivity index (χ0n) is 5.56. The number of hydrogen-bond donors (Lipinski definition) is 0. The van der Waals surface area contributed by atoms with Crippen molar-refractivity contribution in [2.24, 2.45) is 5.92 Å². The number of hydrogen-bond acceptors (Lipinski definition) is 0. The van der Waals surface area contributed by atoms with Gasteiger partial charge in [0, 0.05) is 0 Å². The molecule has 0 fully saturated rings. The van der Waals surface area contributed by atoms with Gasteiger partial charge in [-0.3, -0.25) is 0 Å². The monoisotopic (exact) mass is 253 g/mol. The van der Waals surface area contributed by atoms with Crippen LogP contribution in [-0.2, 0) is 20.8 Å². The van der Waals surface area contributed by atoms with E-state index >= 15 is 0 Å². The van der Waals surface area contributed by atoms with Crippen molar-refractivity contribution in [1.29, 1.82) is 0 Å².